The number of amides is 2. The highest BCUT2D eigenvalue weighted by Crippen LogP contribution is 2.36. The predicted octanol–water partition coefficient (Wildman–Crippen LogP) is 7.71. The zero-order valence-corrected chi connectivity index (χ0v) is 29.1. The van der Waals surface area contributed by atoms with Crippen LogP contribution in [0.15, 0.2) is 102 Å². The van der Waals surface area contributed by atoms with E-state index < -0.39 is 34.1 Å². The van der Waals surface area contributed by atoms with Crippen LogP contribution in [0, 0.1) is 6.92 Å². The molecule has 1 N–H and O–H groups in total. The molecule has 2 amide bonds. The molecule has 242 valence electrons. The topological polar surface area (TPSA) is 86.8 Å². The Labute approximate surface area is 286 Å². The fourth-order valence-electron chi connectivity index (χ4n) is 4.87. The predicted molar refractivity (Wildman–Crippen MR) is 186 cm³/mol. The second-order valence-electron chi connectivity index (χ2n) is 12.0. The molecule has 0 saturated heterocycles. The molecule has 0 aliphatic rings. The first-order valence-electron chi connectivity index (χ1n) is 14.6. The Morgan fingerprint density at radius 3 is 2.09 bits per heavy atom. The Hall–Kier alpha value is -3.56. The first-order chi connectivity index (χ1) is 21.7. The molecule has 0 aliphatic heterocycles. The second kappa shape index (κ2) is 14.9. The van der Waals surface area contributed by atoms with Gasteiger partial charge in [0.25, 0.3) is 10.0 Å². The molecule has 0 heterocycles. The lowest BCUT2D eigenvalue weighted by atomic mass is 10.0. The maximum Gasteiger partial charge on any atom is 0.264 e. The Morgan fingerprint density at radius 1 is 0.826 bits per heavy atom. The van der Waals surface area contributed by atoms with Crippen LogP contribution in [-0.2, 0) is 32.6 Å². The van der Waals surface area contributed by atoms with Gasteiger partial charge in [0.15, 0.2) is 0 Å². The maximum absolute atomic E-state index is 14.6. The van der Waals surface area contributed by atoms with Crippen LogP contribution >= 0.6 is 34.8 Å². The van der Waals surface area contributed by atoms with Crippen LogP contribution in [0.2, 0.25) is 15.1 Å². The third-order valence-corrected chi connectivity index (χ3v) is 9.92. The van der Waals surface area contributed by atoms with Gasteiger partial charge in [0.2, 0.25) is 11.8 Å². The van der Waals surface area contributed by atoms with Crippen molar-refractivity contribution in [3.8, 4) is 0 Å². The highest BCUT2D eigenvalue weighted by Gasteiger charge is 2.36. The second-order valence-corrected chi connectivity index (χ2v) is 15.1. The zero-order valence-electron chi connectivity index (χ0n) is 26.0. The van der Waals surface area contributed by atoms with Crippen molar-refractivity contribution >= 4 is 62.3 Å². The summed E-state index contributed by atoms with van der Waals surface area (Å²) in [5.74, 6) is -1.02. The standard InChI is InChI=1S/C35H36Cl3N3O4S/c1-24-16-18-28(19-17-24)46(44,45)41(30-15-9-14-29(37)33(30)38)23-32(42)40(22-26-12-8-13-27(36)20-26)31(34(43)39-35(2,3)4)21-25-10-6-5-7-11-25/h5-20,31H,21-23H2,1-4H3,(H,39,43). The molecular weight excluding hydrogens is 665 g/mol. The normalized spacial score (nSPS) is 12.3. The van der Waals surface area contributed by atoms with Crippen molar-refractivity contribution in [3.05, 3.63) is 129 Å². The number of sulfonamides is 1. The summed E-state index contributed by atoms with van der Waals surface area (Å²) in [6, 6.07) is 26.1. The molecule has 1 unspecified atom stereocenters. The van der Waals surface area contributed by atoms with Crippen molar-refractivity contribution in [2.45, 2.75) is 57.1 Å². The van der Waals surface area contributed by atoms with E-state index in [-0.39, 0.29) is 39.5 Å². The first kappa shape index (κ1) is 35.3. The largest absolute Gasteiger partial charge is 0.350 e. The minimum absolute atomic E-state index is 0.0177. The van der Waals surface area contributed by atoms with Crippen molar-refractivity contribution < 1.29 is 18.0 Å². The average molecular weight is 701 g/mol. The van der Waals surface area contributed by atoms with Crippen LogP contribution < -0.4 is 9.62 Å². The smallest absolute Gasteiger partial charge is 0.264 e. The van der Waals surface area contributed by atoms with Crippen LogP contribution in [-0.4, -0.2) is 43.3 Å². The molecule has 4 aromatic rings. The average Bonchev–Trinajstić information content (AvgIpc) is 2.99. The van der Waals surface area contributed by atoms with Crippen LogP contribution in [0.1, 0.15) is 37.5 Å². The van der Waals surface area contributed by atoms with Crippen molar-refractivity contribution in [1.82, 2.24) is 10.2 Å². The van der Waals surface area contributed by atoms with Gasteiger partial charge in [-0.3, -0.25) is 13.9 Å². The number of anilines is 1. The van der Waals surface area contributed by atoms with E-state index in [1.807, 2.05) is 58.0 Å². The lowest BCUT2D eigenvalue weighted by molar-refractivity contribution is -0.140. The van der Waals surface area contributed by atoms with Crippen LogP contribution in [0.25, 0.3) is 0 Å². The van der Waals surface area contributed by atoms with E-state index in [0.717, 1.165) is 15.4 Å². The van der Waals surface area contributed by atoms with Crippen molar-refractivity contribution in [1.29, 1.82) is 0 Å². The summed E-state index contributed by atoms with van der Waals surface area (Å²) < 4.78 is 29.4. The molecule has 0 spiro atoms. The van der Waals surface area contributed by atoms with Crippen molar-refractivity contribution in [2.24, 2.45) is 0 Å². The summed E-state index contributed by atoms with van der Waals surface area (Å²) in [6.07, 6.45) is 0.178. The fourth-order valence-corrected chi connectivity index (χ4v) is 6.96. The molecule has 46 heavy (non-hydrogen) atoms. The number of benzene rings is 4. The summed E-state index contributed by atoms with van der Waals surface area (Å²) in [5, 5.41) is 3.56. The molecular formula is C35H36Cl3N3O4S. The van der Waals surface area contributed by atoms with Gasteiger partial charge in [-0.2, -0.15) is 0 Å². The van der Waals surface area contributed by atoms with E-state index in [4.69, 9.17) is 34.8 Å². The van der Waals surface area contributed by atoms with E-state index in [9.17, 15) is 18.0 Å². The summed E-state index contributed by atoms with van der Waals surface area (Å²) in [7, 11) is -4.33. The Balaban J connectivity index is 1.85. The van der Waals surface area contributed by atoms with E-state index in [1.165, 1.54) is 29.2 Å². The highest BCUT2D eigenvalue weighted by atomic mass is 35.5. The van der Waals surface area contributed by atoms with Gasteiger partial charge in [-0.1, -0.05) is 101 Å². The van der Waals surface area contributed by atoms with Gasteiger partial charge in [-0.25, -0.2) is 8.42 Å². The number of carbonyl (C=O) groups excluding carboxylic acids is 2. The minimum atomic E-state index is -4.33. The number of hydrogen-bond donors (Lipinski definition) is 1. The van der Waals surface area contributed by atoms with Crippen molar-refractivity contribution in [3.63, 3.8) is 0 Å². The maximum atomic E-state index is 14.6. The number of carbonyl (C=O) groups is 2. The lowest BCUT2D eigenvalue weighted by Crippen LogP contribution is -2.56. The van der Waals surface area contributed by atoms with Gasteiger partial charge in [-0.05, 0) is 75.2 Å². The van der Waals surface area contributed by atoms with Crippen LogP contribution in [0.5, 0.6) is 0 Å². The van der Waals surface area contributed by atoms with E-state index >= 15 is 0 Å². The molecule has 4 aromatic carbocycles. The van der Waals surface area contributed by atoms with Gasteiger partial charge < -0.3 is 10.2 Å². The molecule has 7 nitrogen and oxygen atoms in total. The monoisotopic (exact) mass is 699 g/mol. The summed E-state index contributed by atoms with van der Waals surface area (Å²) in [6.45, 7) is 6.72. The Morgan fingerprint density at radius 2 is 1.46 bits per heavy atom. The Kier molecular flexibility index (Phi) is 11.4. The van der Waals surface area contributed by atoms with E-state index in [1.54, 1.807) is 42.5 Å². The van der Waals surface area contributed by atoms with Gasteiger partial charge in [0.05, 0.1) is 20.6 Å². The zero-order chi connectivity index (χ0) is 33.6. The molecule has 0 aromatic heterocycles. The summed E-state index contributed by atoms with van der Waals surface area (Å²) in [5.41, 5.74) is 1.78. The first-order valence-corrected chi connectivity index (χ1v) is 17.2. The van der Waals surface area contributed by atoms with Gasteiger partial charge in [-0.15, -0.1) is 0 Å². The third-order valence-electron chi connectivity index (χ3n) is 7.10. The molecule has 4 rings (SSSR count). The molecule has 0 bridgehead atoms. The number of nitrogens with one attached hydrogen (secondary N) is 1. The van der Waals surface area contributed by atoms with Crippen LogP contribution in [0.3, 0.4) is 0 Å². The van der Waals surface area contributed by atoms with Gasteiger partial charge in [0.1, 0.15) is 12.6 Å². The number of rotatable bonds is 11. The molecule has 0 saturated carbocycles. The Bertz CT molecular complexity index is 1790. The lowest BCUT2D eigenvalue weighted by Gasteiger charge is -2.35. The van der Waals surface area contributed by atoms with Crippen LogP contribution in [0.4, 0.5) is 5.69 Å². The minimum Gasteiger partial charge on any atom is -0.350 e. The van der Waals surface area contributed by atoms with Crippen molar-refractivity contribution in [2.75, 3.05) is 10.8 Å². The summed E-state index contributed by atoms with van der Waals surface area (Å²) in [4.78, 5) is 29.9. The molecule has 1 atom stereocenters. The number of halogens is 3. The molecule has 0 radical (unpaired) electrons. The van der Waals surface area contributed by atoms with E-state index in [2.05, 4.69) is 5.32 Å². The van der Waals surface area contributed by atoms with Gasteiger partial charge in [0, 0.05) is 23.5 Å². The number of nitrogens with zero attached hydrogens (tertiary/aromatic N) is 2. The molecule has 0 fully saturated rings. The third kappa shape index (κ3) is 9.04. The quantitative estimate of drug-likeness (QED) is 0.174. The fraction of sp³-hybridized carbons (Fsp3) is 0.257. The summed E-state index contributed by atoms with van der Waals surface area (Å²) >= 11 is 19.2. The van der Waals surface area contributed by atoms with E-state index in [0.29, 0.717) is 10.6 Å². The number of hydrogen-bond acceptors (Lipinski definition) is 4. The molecule has 11 heteroatoms. The SMILES string of the molecule is Cc1ccc(S(=O)(=O)N(CC(=O)N(Cc2cccc(Cl)c2)C(Cc2ccccc2)C(=O)NC(C)(C)C)c2cccc(Cl)c2Cl)cc1. The highest BCUT2D eigenvalue weighted by molar-refractivity contribution is 7.92. The molecule has 0 aliphatic carbocycles. The van der Waals surface area contributed by atoms with Gasteiger partial charge >= 0.3 is 0 Å². The number of aryl methyl sites for hydroxylation is 1.